The Morgan fingerprint density at radius 3 is 0.545 bits per heavy atom. The van der Waals surface area contributed by atoms with Crippen LogP contribution in [0.5, 0.6) is 0 Å². The Labute approximate surface area is 159 Å². The SMILES string of the molecule is SSSS.[Cu].[Cu].[Cu].[Cu].[Cu].[Cu].[Cu]. The molecule has 0 unspecified atom stereocenters. The van der Waals surface area contributed by atoms with Crippen molar-refractivity contribution in [3.05, 3.63) is 0 Å². The van der Waals surface area contributed by atoms with Crippen molar-refractivity contribution in [3.63, 3.8) is 0 Å². The first kappa shape index (κ1) is 56.1. The maximum atomic E-state index is 3.72. The molecule has 0 aromatic heterocycles. The van der Waals surface area contributed by atoms with Gasteiger partial charge in [-0.15, -0.1) is 0 Å². The van der Waals surface area contributed by atoms with Gasteiger partial charge in [0, 0.05) is 119 Å². The van der Waals surface area contributed by atoms with Gasteiger partial charge < -0.3 is 0 Å². The Balaban J connectivity index is -0.00000000214. The third-order valence-electron chi connectivity index (χ3n) is 0.0333. The minimum absolute atomic E-state index is 0. The Hall–Kier alpha value is 5.04. The predicted octanol–water partition coefficient (Wildman–Crippen LogP) is 2.04. The summed E-state index contributed by atoms with van der Waals surface area (Å²) in [7, 11) is 2.66. The predicted molar refractivity (Wildman–Crippen MR) is 33.2 cm³/mol. The molecular weight excluding hydrogens is 573 g/mol. The van der Waals surface area contributed by atoms with Gasteiger partial charge in [-0.3, -0.25) is 0 Å². The molecule has 0 saturated heterocycles. The van der Waals surface area contributed by atoms with Crippen LogP contribution in [0.1, 0.15) is 0 Å². The zero-order valence-corrected chi connectivity index (χ0v) is 13.8. The van der Waals surface area contributed by atoms with Crippen molar-refractivity contribution in [2.24, 2.45) is 0 Å². The molecule has 0 saturated carbocycles. The van der Waals surface area contributed by atoms with Crippen LogP contribution in [0.4, 0.5) is 0 Å². The fourth-order valence-corrected chi connectivity index (χ4v) is 0. The summed E-state index contributed by atoms with van der Waals surface area (Å²) >= 11 is 7.45. The van der Waals surface area contributed by atoms with Crippen molar-refractivity contribution < 1.29 is 119 Å². The van der Waals surface area contributed by atoms with E-state index in [9.17, 15) is 0 Å². The smallest absolute Gasteiger partial charge is 0 e. The maximum absolute atomic E-state index is 3.72. The van der Waals surface area contributed by atoms with Gasteiger partial charge in [0.1, 0.15) is 0 Å². The molecule has 0 rings (SSSR count). The molecule has 0 aliphatic carbocycles. The maximum Gasteiger partial charge on any atom is 0 e. The Bertz CT molecular complexity index is 12.4. The summed E-state index contributed by atoms with van der Waals surface area (Å²) in [5.41, 5.74) is 0. The van der Waals surface area contributed by atoms with Gasteiger partial charge in [-0.2, -0.15) is 0 Å². The molecule has 0 bridgehead atoms. The topological polar surface area (TPSA) is 0 Å². The van der Waals surface area contributed by atoms with E-state index >= 15 is 0 Å². The molecule has 0 aliphatic heterocycles. The van der Waals surface area contributed by atoms with Gasteiger partial charge in [-0.25, -0.2) is 0 Å². The summed E-state index contributed by atoms with van der Waals surface area (Å²) in [4.78, 5) is 0. The summed E-state index contributed by atoms with van der Waals surface area (Å²) in [6.45, 7) is 0. The van der Waals surface area contributed by atoms with Crippen molar-refractivity contribution in [2.75, 3.05) is 0 Å². The summed E-state index contributed by atoms with van der Waals surface area (Å²) in [5, 5.41) is 0. The van der Waals surface area contributed by atoms with Crippen LogP contribution in [-0.4, -0.2) is 0 Å². The van der Waals surface area contributed by atoms with Crippen LogP contribution in [0.2, 0.25) is 0 Å². The fourth-order valence-electron chi connectivity index (χ4n) is 0. The van der Waals surface area contributed by atoms with Crippen molar-refractivity contribution in [2.45, 2.75) is 0 Å². The molecule has 0 nitrogen and oxygen atoms in total. The number of thiol groups is 2. The standard InChI is InChI=1S/7Cu.H2S4/c;;;;;;;1-3-4-2/h;;;;;;;1-2H. The minimum Gasteiger partial charge on any atom is -0.0989 e. The van der Waals surface area contributed by atoms with Gasteiger partial charge in [0.2, 0.25) is 0 Å². The number of hydrogen-bond acceptors (Lipinski definition) is 4. The second kappa shape index (κ2) is 59.8. The van der Waals surface area contributed by atoms with E-state index in [4.69, 9.17) is 0 Å². The van der Waals surface area contributed by atoms with E-state index in [2.05, 4.69) is 23.3 Å². The second-order valence-electron chi connectivity index (χ2n) is 0.149. The first-order valence-corrected chi connectivity index (χ1v) is 4.79. The van der Waals surface area contributed by atoms with Gasteiger partial charge in [-0.1, -0.05) is 23.3 Å². The van der Waals surface area contributed by atoms with Gasteiger partial charge in [0.15, 0.2) is 0 Å². The van der Waals surface area contributed by atoms with Crippen LogP contribution < -0.4 is 0 Å². The molecule has 7 radical (unpaired) electrons. The molecule has 0 aliphatic rings. The van der Waals surface area contributed by atoms with Gasteiger partial charge in [0.25, 0.3) is 0 Å². The van der Waals surface area contributed by atoms with E-state index in [1.807, 2.05) is 0 Å². The van der Waals surface area contributed by atoms with E-state index in [1.54, 1.807) is 0 Å². The first-order valence-electron chi connectivity index (χ1n) is 0.532. The van der Waals surface area contributed by atoms with Crippen LogP contribution in [0, 0.1) is 0 Å². The van der Waals surface area contributed by atoms with Gasteiger partial charge in [0.05, 0.1) is 0 Å². The van der Waals surface area contributed by atoms with Crippen LogP contribution in [0.25, 0.3) is 0 Å². The van der Waals surface area contributed by atoms with Crippen molar-refractivity contribution in [3.8, 4) is 0 Å². The molecular formula is H2Cu7S4. The molecule has 0 heterocycles. The molecule has 11 heteroatoms. The first-order chi connectivity index (χ1) is 1.91. The third kappa shape index (κ3) is 70.1. The van der Waals surface area contributed by atoms with E-state index in [1.165, 1.54) is 19.7 Å². The molecule has 0 spiro atoms. The molecule has 103 valence electrons. The van der Waals surface area contributed by atoms with Crippen LogP contribution in [-0.2, 0) is 119 Å². The molecule has 0 N–H and O–H groups in total. The van der Waals surface area contributed by atoms with Crippen molar-refractivity contribution in [1.82, 2.24) is 0 Å². The Kier molecular flexibility index (Phi) is 305. The minimum atomic E-state index is 0. The summed E-state index contributed by atoms with van der Waals surface area (Å²) in [5.74, 6) is 0. The molecule has 0 fully saturated rings. The largest absolute Gasteiger partial charge is 0.0989 e. The Morgan fingerprint density at radius 2 is 0.545 bits per heavy atom. The molecule has 0 aromatic carbocycles. The monoisotopic (exact) mass is 570 g/mol. The van der Waals surface area contributed by atoms with Crippen molar-refractivity contribution >= 4 is 43.0 Å². The van der Waals surface area contributed by atoms with E-state index < -0.39 is 0 Å². The van der Waals surface area contributed by atoms with Crippen LogP contribution in [0.3, 0.4) is 0 Å². The average molecular weight is 575 g/mol. The molecule has 0 amide bonds. The Morgan fingerprint density at radius 1 is 0.455 bits per heavy atom. The van der Waals surface area contributed by atoms with Gasteiger partial charge >= 0.3 is 0 Å². The second-order valence-corrected chi connectivity index (χ2v) is 4.02. The van der Waals surface area contributed by atoms with Crippen LogP contribution >= 0.6 is 43.0 Å². The average Bonchev–Trinajstić information content (AvgIpc) is 1.37. The van der Waals surface area contributed by atoms with Gasteiger partial charge in [-0.05, 0) is 19.7 Å². The number of hydrogen-bond donors (Lipinski definition) is 2. The summed E-state index contributed by atoms with van der Waals surface area (Å²) in [6, 6.07) is 0. The molecule has 0 aromatic rings. The normalized spacial score (nSPS) is 2.73. The fraction of sp³-hybridized carbons (Fsp3) is 0. The third-order valence-corrected chi connectivity index (χ3v) is 2.70. The molecule has 11 heavy (non-hydrogen) atoms. The van der Waals surface area contributed by atoms with Crippen LogP contribution in [0.15, 0.2) is 0 Å². The van der Waals surface area contributed by atoms with E-state index in [0.717, 1.165) is 0 Å². The summed E-state index contributed by atoms with van der Waals surface area (Å²) < 4.78 is 0. The zero-order valence-electron chi connectivity index (χ0n) is 3.82. The molecule has 0 atom stereocenters. The van der Waals surface area contributed by atoms with E-state index in [-0.39, 0.29) is 119 Å². The number of rotatable bonds is 1. The van der Waals surface area contributed by atoms with E-state index in [0.29, 0.717) is 0 Å². The zero-order chi connectivity index (χ0) is 3.41. The quantitative estimate of drug-likeness (QED) is 0.280. The summed E-state index contributed by atoms with van der Waals surface area (Å²) in [6.07, 6.45) is 0. The van der Waals surface area contributed by atoms with Crippen molar-refractivity contribution in [1.29, 1.82) is 0 Å².